The minimum absolute atomic E-state index is 0.286. The van der Waals surface area contributed by atoms with E-state index < -0.39 is 10.0 Å². The van der Waals surface area contributed by atoms with Crippen LogP contribution in [0.2, 0.25) is 0 Å². The van der Waals surface area contributed by atoms with Gasteiger partial charge < -0.3 is 4.90 Å². The Morgan fingerprint density at radius 1 is 1.08 bits per heavy atom. The van der Waals surface area contributed by atoms with Crippen LogP contribution in [-0.2, 0) is 21.4 Å². The first kappa shape index (κ1) is 19.5. The number of carbonyl (C=O) groups is 1. The van der Waals surface area contributed by atoms with Gasteiger partial charge in [0.2, 0.25) is 15.9 Å². The number of sulfonamides is 1. The van der Waals surface area contributed by atoms with E-state index >= 15 is 0 Å². The van der Waals surface area contributed by atoms with Crippen LogP contribution in [0.4, 0.5) is 5.69 Å². The van der Waals surface area contributed by atoms with Crippen LogP contribution in [0.15, 0.2) is 54.6 Å². The number of amides is 1. The van der Waals surface area contributed by atoms with Crippen molar-refractivity contribution in [2.75, 3.05) is 23.7 Å². The van der Waals surface area contributed by atoms with Crippen LogP contribution in [0.3, 0.4) is 0 Å². The van der Waals surface area contributed by atoms with Gasteiger partial charge in [-0.25, -0.2) is 8.42 Å². The quantitative estimate of drug-likeness (QED) is 0.748. The lowest BCUT2D eigenvalue weighted by Gasteiger charge is -2.27. The molecule has 0 spiro atoms. The highest BCUT2D eigenvalue weighted by Gasteiger charge is 2.23. The lowest BCUT2D eigenvalue weighted by Crippen LogP contribution is -2.42. The molecule has 0 bridgehead atoms. The van der Waals surface area contributed by atoms with Crippen molar-refractivity contribution < 1.29 is 13.2 Å². The molecule has 26 heavy (non-hydrogen) atoms. The zero-order chi connectivity index (χ0) is 19.2. The van der Waals surface area contributed by atoms with Gasteiger partial charge in [-0.1, -0.05) is 30.3 Å². The highest BCUT2D eigenvalue weighted by atomic mass is 32.2. The van der Waals surface area contributed by atoms with E-state index in [4.69, 9.17) is 5.26 Å². The average molecular weight is 371 g/mol. The summed E-state index contributed by atoms with van der Waals surface area (Å²) in [6.07, 6.45) is 1.06. The molecule has 136 valence electrons. The van der Waals surface area contributed by atoms with Crippen molar-refractivity contribution in [3.05, 3.63) is 65.7 Å². The van der Waals surface area contributed by atoms with Crippen molar-refractivity contribution in [2.45, 2.75) is 13.5 Å². The molecule has 0 aliphatic carbocycles. The van der Waals surface area contributed by atoms with Gasteiger partial charge in [0.15, 0.2) is 0 Å². The second-order valence-corrected chi connectivity index (χ2v) is 7.73. The number of nitriles is 1. The third-order valence-corrected chi connectivity index (χ3v) is 5.05. The first-order valence-electron chi connectivity index (χ1n) is 8.14. The summed E-state index contributed by atoms with van der Waals surface area (Å²) in [4.78, 5) is 14.3. The molecule has 0 aliphatic rings. The molecule has 0 fully saturated rings. The van der Waals surface area contributed by atoms with Crippen LogP contribution in [0.5, 0.6) is 0 Å². The molecule has 0 unspecified atom stereocenters. The minimum Gasteiger partial charge on any atom is -0.337 e. The normalized spacial score (nSPS) is 10.8. The largest absolute Gasteiger partial charge is 0.337 e. The van der Waals surface area contributed by atoms with Crippen LogP contribution in [0.1, 0.15) is 18.1 Å². The maximum atomic E-state index is 12.7. The standard InChI is InChI=1S/C19H21N3O3S/c1-3-21(14-17-7-5-4-6-8-17)19(23)15-22(26(2,24)25)18-11-9-16(13-20)10-12-18/h4-12H,3,14-15H2,1-2H3. The van der Waals surface area contributed by atoms with Gasteiger partial charge in [-0.05, 0) is 36.8 Å². The second kappa shape index (κ2) is 8.50. The molecular formula is C19H21N3O3S. The first-order chi connectivity index (χ1) is 12.3. The van der Waals surface area contributed by atoms with E-state index in [1.54, 1.807) is 4.90 Å². The molecule has 0 aliphatic heterocycles. The van der Waals surface area contributed by atoms with Crippen LogP contribution in [-0.4, -0.2) is 38.6 Å². The van der Waals surface area contributed by atoms with Gasteiger partial charge in [0.1, 0.15) is 6.54 Å². The third-order valence-electron chi connectivity index (χ3n) is 3.91. The maximum absolute atomic E-state index is 12.7. The van der Waals surface area contributed by atoms with Gasteiger partial charge in [0, 0.05) is 13.1 Å². The minimum atomic E-state index is -3.64. The molecule has 2 rings (SSSR count). The molecule has 0 saturated heterocycles. The Hall–Kier alpha value is -2.85. The lowest BCUT2D eigenvalue weighted by molar-refractivity contribution is -0.129. The summed E-state index contributed by atoms with van der Waals surface area (Å²) in [6, 6.07) is 17.6. The number of nitrogens with zero attached hydrogens (tertiary/aromatic N) is 3. The number of rotatable bonds is 7. The average Bonchev–Trinajstić information content (AvgIpc) is 2.64. The van der Waals surface area contributed by atoms with Gasteiger partial charge in [-0.2, -0.15) is 5.26 Å². The molecule has 7 heteroatoms. The van der Waals surface area contributed by atoms with Crippen molar-refractivity contribution in [3.8, 4) is 6.07 Å². The van der Waals surface area contributed by atoms with Crippen molar-refractivity contribution >= 4 is 21.6 Å². The summed E-state index contributed by atoms with van der Waals surface area (Å²) in [7, 11) is -3.64. The Bertz CT molecular complexity index is 888. The van der Waals surface area contributed by atoms with Gasteiger partial charge >= 0.3 is 0 Å². The monoisotopic (exact) mass is 371 g/mol. The van der Waals surface area contributed by atoms with E-state index in [0.717, 1.165) is 16.1 Å². The predicted octanol–water partition coefficient (Wildman–Crippen LogP) is 2.37. The van der Waals surface area contributed by atoms with Gasteiger partial charge in [-0.15, -0.1) is 0 Å². The Labute approximate surface area is 154 Å². The van der Waals surface area contributed by atoms with Crippen LogP contribution < -0.4 is 4.31 Å². The van der Waals surface area contributed by atoms with Crippen LogP contribution in [0.25, 0.3) is 0 Å². The Morgan fingerprint density at radius 2 is 1.69 bits per heavy atom. The molecule has 2 aromatic rings. The summed E-state index contributed by atoms with van der Waals surface area (Å²) in [5.41, 5.74) is 1.76. The van der Waals surface area contributed by atoms with E-state index in [1.165, 1.54) is 24.3 Å². The van der Waals surface area contributed by atoms with E-state index in [1.807, 2.05) is 43.3 Å². The fourth-order valence-corrected chi connectivity index (χ4v) is 3.35. The summed E-state index contributed by atoms with van der Waals surface area (Å²) >= 11 is 0. The van der Waals surface area contributed by atoms with Crippen molar-refractivity contribution in [1.29, 1.82) is 5.26 Å². The molecule has 0 N–H and O–H groups in total. The molecule has 0 saturated carbocycles. The number of benzene rings is 2. The van der Waals surface area contributed by atoms with Crippen LogP contribution in [0, 0.1) is 11.3 Å². The van der Waals surface area contributed by atoms with Crippen LogP contribution >= 0.6 is 0 Å². The fourth-order valence-electron chi connectivity index (χ4n) is 2.51. The predicted molar refractivity (Wildman–Crippen MR) is 101 cm³/mol. The second-order valence-electron chi connectivity index (χ2n) is 5.82. The summed E-state index contributed by atoms with van der Waals surface area (Å²) in [6.45, 7) is 2.46. The molecular weight excluding hydrogens is 350 g/mol. The SMILES string of the molecule is CCN(Cc1ccccc1)C(=O)CN(c1ccc(C#N)cc1)S(C)(=O)=O. The Balaban J connectivity index is 2.21. The number of anilines is 1. The van der Waals surface area contributed by atoms with Gasteiger partial charge in [0.05, 0.1) is 23.6 Å². The first-order valence-corrected chi connectivity index (χ1v) is 9.99. The number of carbonyl (C=O) groups excluding carboxylic acids is 1. The van der Waals surface area contributed by atoms with E-state index in [-0.39, 0.29) is 12.5 Å². The van der Waals surface area contributed by atoms with E-state index in [0.29, 0.717) is 24.3 Å². The van der Waals surface area contributed by atoms with E-state index in [9.17, 15) is 13.2 Å². The number of likely N-dealkylation sites (N-methyl/N-ethyl adjacent to an activating group) is 1. The third kappa shape index (κ3) is 5.07. The fraction of sp³-hybridized carbons (Fsp3) is 0.263. The smallest absolute Gasteiger partial charge is 0.243 e. The zero-order valence-electron chi connectivity index (χ0n) is 14.8. The highest BCUT2D eigenvalue weighted by molar-refractivity contribution is 7.92. The lowest BCUT2D eigenvalue weighted by atomic mass is 10.2. The molecule has 0 heterocycles. The van der Waals surface area contributed by atoms with Gasteiger partial charge in [-0.3, -0.25) is 9.10 Å². The zero-order valence-corrected chi connectivity index (χ0v) is 15.6. The highest BCUT2D eigenvalue weighted by Crippen LogP contribution is 2.18. The molecule has 6 nitrogen and oxygen atoms in total. The molecule has 0 radical (unpaired) electrons. The van der Waals surface area contributed by atoms with E-state index in [2.05, 4.69) is 0 Å². The molecule has 0 atom stereocenters. The summed E-state index contributed by atoms with van der Waals surface area (Å²) in [5, 5.41) is 8.87. The van der Waals surface area contributed by atoms with Crippen molar-refractivity contribution in [1.82, 2.24) is 4.90 Å². The topological polar surface area (TPSA) is 81.5 Å². The van der Waals surface area contributed by atoms with Gasteiger partial charge in [0.25, 0.3) is 0 Å². The summed E-state index contributed by atoms with van der Waals surface area (Å²) < 4.78 is 25.4. The molecule has 2 aromatic carbocycles. The molecule has 0 aromatic heterocycles. The maximum Gasteiger partial charge on any atom is 0.243 e. The number of hydrogen-bond acceptors (Lipinski definition) is 4. The van der Waals surface area contributed by atoms with Crippen molar-refractivity contribution in [3.63, 3.8) is 0 Å². The Morgan fingerprint density at radius 3 is 2.19 bits per heavy atom. The van der Waals surface area contributed by atoms with Crippen molar-refractivity contribution in [2.24, 2.45) is 0 Å². The molecule has 1 amide bonds. The summed E-state index contributed by atoms with van der Waals surface area (Å²) in [5.74, 6) is -0.286. The Kier molecular flexibility index (Phi) is 6.36. The number of hydrogen-bond donors (Lipinski definition) is 0.